The van der Waals surface area contributed by atoms with E-state index in [2.05, 4.69) is 149 Å². The van der Waals surface area contributed by atoms with Crippen LogP contribution in [-0.4, -0.2) is 9.55 Å². The molecule has 0 radical (unpaired) electrons. The molecule has 0 saturated carbocycles. The number of benzene rings is 7. The molecule has 0 aliphatic carbocycles. The first-order chi connectivity index (χ1) is 21.3. The minimum atomic E-state index is 1.18. The van der Waals surface area contributed by atoms with E-state index in [9.17, 15) is 0 Å². The van der Waals surface area contributed by atoms with E-state index >= 15 is 0 Å². The molecule has 10 rings (SSSR count). The van der Waals surface area contributed by atoms with Crippen LogP contribution in [-0.2, 0) is 0 Å². The first-order valence-electron chi connectivity index (χ1n) is 14.7. The standard InChI is InChI=1S/C40H24N2S/c1-2-10-26(11-3-1)42-34-16-8-6-12-27(34)32-22-24(19-21-35(32)42)25-18-20-30-33(23-25)41-39-37(30)28-13-4-5-14-29(28)38-31-15-7-9-17-36(31)43-40(38)39/h1-23,41H. The minimum Gasteiger partial charge on any atom is -0.353 e. The van der Waals surface area contributed by atoms with Crippen molar-refractivity contribution in [1.82, 2.24) is 9.55 Å². The quantitative estimate of drug-likeness (QED) is 0.216. The fourth-order valence-electron chi connectivity index (χ4n) is 7.24. The summed E-state index contributed by atoms with van der Waals surface area (Å²) in [7, 11) is 0. The number of fused-ring (bicyclic) bond motifs is 13. The van der Waals surface area contributed by atoms with E-state index in [1.807, 2.05) is 11.3 Å². The number of aromatic nitrogens is 2. The third-order valence-electron chi connectivity index (χ3n) is 9.11. The van der Waals surface area contributed by atoms with Crippen molar-refractivity contribution < 1.29 is 0 Å². The Kier molecular flexibility index (Phi) is 4.63. The van der Waals surface area contributed by atoms with Crippen LogP contribution in [0.2, 0.25) is 0 Å². The van der Waals surface area contributed by atoms with Crippen molar-refractivity contribution in [3.05, 3.63) is 140 Å². The molecule has 3 aromatic heterocycles. The van der Waals surface area contributed by atoms with Crippen LogP contribution >= 0.6 is 11.3 Å². The van der Waals surface area contributed by atoms with Crippen molar-refractivity contribution in [1.29, 1.82) is 0 Å². The summed E-state index contributed by atoms with van der Waals surface area (Å²) in [5.41, 5.74) is 8.49. The van der Waals surface area contributed by atoms with Gasteiger partial charge in [0.25, 0.3) is 0 Å². The van der Waals surface area contributed by atoms with Gasteiger partial charge in [0.1, 0.15) is 0 Å². The third kappa shape index (κ3) is 3.17. The molecule has 10 aromatic rings. The molecule has 3 heterocycles. The van der Waals surface area contributed by atoms with E-state index in [4.69, 9.17) is 0 Å². The molecule has 0 atom stereocenters. The lowest BCUT2D eigenvalue weighted by Gasteiger charge is -2.08. The highest BCUT2D eigenvalue weighted by molar-refractivity contribution is 7.27. The van der Waals surface area contributed by atoms with Crippen LogP contribution in [0.25, 0.3) is 91.4 Å². The first-order valence-corrected chi connectivity index (χ1v) is 15.5. The second kappa shape index (κ2) is 8.57. The highest BCUT2D eigenvalue weighted by Gasteiger charge is 2.18. The Bertz CT molecular complexity index is 2720. The Balaban J connectivity index is 1.23. The van der Waals surface area contributed by atoms with Crippen LogP contribution in [0, 0.1) is 0 Å². The predicted octanol–water partition coefficient (Wildman–Crippen LogP) is 11.6. The van der Waals surface area contributed by atoms with Crippen LogP contribution < -0.4 is 0 Å². The van der Waals surface area contributed by atoms with Gasteiger partial charge in [-0.3, -0.25) is 0 Å². The number of thiophene rings is 1. The number of rotatable bonds is 2. The van der Waals surface area contributed by atoms with Crippen molar-refractivity contribution in [2.24, 2.45) is 0 Å². The van der Waals surface area contributed by atoms with Gasteiger partial charge in [0.15, 0.2) is 0 Å². The Hall–Kier alpha value is -5.38. The molecule has 3 heteroatoms. The molecule has 0 aliphatic heterocycles. The van der Waals surface area contributed by atoms with Gasteiger partial charge >= 0.3 is 0 Å². The fraction of sp³-hybridized carbons (Fsp3) is 0. The van der Waals surface area contributed by atoms with Crippen LogP contribution in [0.1, 0.15) is 0 Å². The van der Waals surface area contributed by atoms with E-state index in [1.165, 1.54) is 91.4 Å². The Morgan fingerprint density at radius 2 is 1.12 bits per heavy atom. The molecule has 0 aliphatic rings. The van der Waals surface area contributed by atoms with Crippen LogP contribution in [0.4, 0.5) is 0 Å². The lowest BCUT2D eigenvalue weighted by atomic mass is 9.97. The number of nitrogens with zero attached hydrogens (tertiary/aromatic N) is 1. The second-order valence-electron chi connectivity index (χ2n) is 11.4. The van der Waals surface area contributed by atoms with Crippen molar-refractivity contribution in [3.63, 3.8) is 0 Å². The minimum absolute atomic E-state index is 1.18. The predicted molar refractivity (Wildman–Crippen MR) is 186 cm³/mol. The fourth-order valence-corrected chi connectivity index (χ4v) is 8.47. The molecule has 0 saturated heterocycles. The Morgan fingerprint density at radius 1 is 0.465 bits per heavy atom. The zero-order valence-corrected chi connectivity index (χ0v) is 24.0. The normalized spacial score (nSPS) is 12.2. The highest BCUT2D eigenvalue weighted by Crippen LogP contribution is 2.46. The number of hydrogen-bond donors (Lipinski definition) is 1. The van der Waals surface area contributed by atoms with Crippen molar-refractivity contribution in [2.75, 3.05) is 0 Å². The molecule has 0 unspecified atom stereocenters. The molecule has 200 valence electrons. The maximum atomic E-state index is 3.88. The zero-order chi connectivity index (χ0) is 28.1. The Morgan fingerprint density at radius 3 is 1.98 bits per heavy atom. The summed E-state index contributed by atoms with van der Waals surface area (Å²) in [6.07, 6.45) is 0. The number of aromatic amines is 1. The molecular formula is C40H24N2S. The van der Waals surface area contributed by atoms with E-state index in [0.717, 1.165) is 0 Å². The van der Waals surface area contributed by atoms with Gasteiger partial charge in [0.2, 0.25) is 0 Å². The smallest absolute Gasteiger partial charge is 0.0653 e. The highest BCUT2D eigenvalue weighted by atomic mass is 32.1. The van der Waals surface area contributed by atoms with Crippen molar-refractivity contribution >= 4 is 85.9 Å². The SMILES string of the molecule is c1ccc(-n2c3ccccc3c3cc(-c4ccc5c(c4)[nH]c4c6sc7ccccc7c6c6ccccc6c54)ccc32)cc1. The summed E-state index contributed by atoms with van der Waals surface area (Å²) in [6.45, 7) is 0. The lowest BCUT2D eigenvalue weighted by molar-refractivity contribution is 1.18. The summed E-state index contributed by atoms with van der Waals surface area (Å²) < 4.78 is 5.04. The summed E-state index contributed by atoms with van der Waals surface area (Å²) in [5.74, 6) is 0. The number of nitrogens with one attached hydrogen (secondary N) is 1. The molecular weight excluding hydrogens is 541 g/mol. The van der Waals surface area contributed by atoms with Crippen molar-refractivity contribution in [2.45, 2.75) is 0 Å². The monoisotopic (exact) mass is 564 g/mol. The summed E-state index contributed by atoms with van der Waals surface area (Å²) in [6, 6.07) is 50.9. The number of para-hydroxylation sites is 2. The van der Waals surface area contributed by atoms with E-state index in [0.29, 0.717) is 0 Å². The maximum absolute atomic E-state index is 3.88. The van der Waals surface area contributed by atoms with E-state index in [1.54, 1.807) is 0 Å². The van der Waals surface area contributed by atoms with Crippen LogP contribution in [0.15, 0.2) is 140 Å². The molecule has 1 N–H and O–H groups in total. The van der Waals surface area contributed by atoms with Gasteiger partial charge < -0.3 is 9.55 Å². The number of H-pyrrole nitrogens is 1. The largest absolute Gasteiger partial charge is 0.353 e. The summed E-state index contributed by atoms with van der Waals surface area (Å²) >= 11 is 1.89. The van der Waals surface area contributed by atoms with Gasteiger partial charge in [0.05, 0.1) is 21.3 Å². The van der Waals surface area contributed by atoms with Crippen molar-refractivity contribution in [3.8, 4) is 16.8 Å². The molecule has 0 fully saturated rings. The van der Waals surface area contributed by atoms with Gasteiger partial charge in [-0.15, -0.1) is 11.3 Å². The number of hydrogen-bond acceptors (Lipinski definition) is 1. The van der Waals surface area contributed by atoms with Gasteiger partial charge in [0, 0.05) is 48.2 Å². The topological polar surface area (TPSA) is 20.7 Å². The summed E-state index contributed by atoms with van der Waals surface area (Å²) in [4.78, 5) is 3.88. The zero-order valence-electron chi connectivity index (χ0n) is 23.1. The van der Waals surface area contributed by atoms with E-state index < -0.39 is 0 Å². The van der Waals surface area contributed by atoms with Crippen LogP contribution in [0.3, 0.4) is 0 Å². The van der Waals surface area contributed by atoms with Gasteiger partial charge in [-0.05, 0) is 64.4 Å². The third-order valence-corrected chi connectivity index (χ3v) is 10.3. The van der Waals surface area contributed by atoms with E-state index in [-0.39, 0.29) is 0 Å². The average Bonchev–Trinajstić information content (AvgIpc) is 3.75. The average molecular weight is 565 g/mol. The first kappa shape index (κ1) is 23.2. The summed E-state index contributed by atoms with van der Waals surface area (Å²) in [5, 5.41) is 10.5. The Labute approximate surface area is 251 Å². The van der Waals surface area contributed by atoms with Gasteiger partial charge in [-0.2, -0.15) is 0 Å². The maximum Gasteiger partial charge on any atom is 0.0653 e. The second-order valence-corrected chi connectivity index (χ2v) is 12.5. The molecule has 2 nitrogen and oxygen atoms in total. The van der Waals surface area contributed by atoms with Gasteiger partial charge in [-0.1, -0.05) is 97.1 Å². The molecule has 0 bridgehead atoms. The molecule has 7 aromatic carbocycles. The molecule has 0 amide bonds. The molecule has 43 heavy (non-hydrogen) atoms. The molecule has 0 spiro atoms. The van der Waals surface area contributed by atoms with Gasteiger partial charge in [-0.25, -0.2) is 0 Å². The lowest BCUT2D eigenvalue weighted by Crippen LogP contribution is -1.92. The van der Waals surface area contributed by atoms with Crippen LogP contribution in [0.5, 0.6) is 0 Å².